The van der Waals surface area contributed by atoms with Crippen molar-refractivity contribution in [2.75, 3.05) is 5.73 Å². The van der Waals surface area contributed by atoms with E-state index in [-0.39, 0.29) is 10.9 Å². The molecule has 0 aliphatic heterocycles. The Labute approximate surface area is 122 Å². The van der Waals surface area contributed by atoms with Crippen molar-refractivity contribution >= 4 is 15.7 Å². The molecule has 1 aromatic rings. The molecule has 0 aromatic heterocycles. The highest BCUT2D eigenvalue weighted by Gasteiger charge is 2.19. The first kappa shape index (κ1) is 17.0. The number of benzene rings is 1. The molecule has 2 atom stereocenters. The summed E-state index contributed by atoms with van der Waals surface area (Å²) < 4.78 is 27.5. The van der Waals surface area contributed by atoms with Gasteiger partial charge < -0.3 is 5.73 Å². The van der Waals surface area contributed by atoms with Gasteiger partial charge in [-0.2, -0.15) is 0 Å². The fraction of sp³-hybridized carbons (Fsp3) is 0.600. The van der Waals surface area contributed by atoms with Crippen LogP contribution in [0.25, 0.3) is 0 Å². The van der Waals surface area contributed by atoms with Crippen LogP contribution < -0.4 is 10.5 Å². The van der Waals surface area contributed by atoms with E-state index in [1.54, 1.807) is 6.07 Å². The van der Waals surface area contributed by atoms with Crippen LogP contribution in [0.3, 0.4) is 0 Å². The van der Waals surface area contributed by atoms with Gasteiger partial charge in [0, 0.05) is 11.7 Å². The van der Waals surface area contributed by atoms with Crippen LogP contribution >= 0.6 is 0 Å². The Morgan fingerprint density at radius 3 is 2.35 bits per heavy atom. The Morgan fingerprint density at radius 2 is 1.85 bits per heavy atom. The molecular weight excluding hydrogens is 272 g/mol. The molecule has 0 bridgehead atoms. The first-order valence-electron chi connectivity index (χ1n) is 7.06. The third kappa shape index (κ3) is 4.21. The first-order valence-corrected chi connectivity index (χ1v) is 8.54. The second kappa shape index (κ2) is 6.59. The van der Waals surface area contributed by atoms with E-state index in [0.29, 0.717) is 11.6 Å². The minimum absolute atomic E-state index is 0.0854. The zero-order valence-electron chi connectivity index (χ0n) is 13.0. The molecule has 1 rings (SSSR count). The molecule has 0 heterocycles. The zero-order valence-corrected chi connectivity index (χ0v) is 13.8. The SMILES string of the molecule is CCC(C)CC(C)NS(=O)(=O)c1cc(C)c(C)c(N)c1. The average molecular weight is 298 g/mol. The number of nitrogen functional groups attached to an aromatic ring is 1. The van der Waals surface area contributed by atoms with Crippen LogP contribution in [0.4, 0.5) is 5.69 Å². The third-order valence-corrected chi connectivity index (χ3v) is 5.37. The van der Waals surface area contributed by atoms with Crippen LogP contribution in [-0.4, -0.2) is 14.5 Å². The molecule has 20 heavy (non-hydrogen) atoms. The first-order chi connectivity index (χ1) is 9.17. The lowest BCUT2D eigenvalue weighted by molar-refractivity contribution is 0.445. The molecule has 114 valence electrons. The van der Waals surface area contributed by atoms with E-state index in [0.717, 1.165) is 24.0 Å². The summed E-state index contributed by atoms with van der Waals surface area (Å²) in [6.45, 7) is 9.89. The van der Waals surface area contributed by atoms with Gasteiger partial charge in [0.25, 0.3) is 0 Å². The summed E-state index contributed by atoms with van der Waals surface area (Å²) in [7, 11) is -3.51. The van der Waals surface area contributed by atoms with Gasteiger partial charge >= 0.3 is 0 Å². The largest absolute Gasteiger partial charge is 0.398 e. The van der Waals surface area contributed by atoms with Gasteiger partial charge in [-0.15, -0.1) is 0 Å². The highest BCUT2D eigenvalue weighted by molar-refractivity contribution is 7.89. The molecule has 0 saturated heterocycles. The number of nitrogens with one attached hydrogen (secondary N) is 1. The molecule has 5 heteroatoms. The van der Waals surface area contributed by atoms with Crippen molar-refractivity contribution in [2.24, 2.45) is 5.92 Å². The van der Waals surface area contributed by atoms with Crippen molar-refractivity contribution in [3.8, 4) is 0 Å². The van der Waals surface area contributed by atoms with Crippen molar-refractivity contribution in [2.45, 2.75) is 58.4 Å². The molecule has 0 spiro atoms. The Morgan fingerprint density at radius 1 is 1.25 bits per heavy atom. The maximum Gasteiger partial charge on any atom is 0.240 e. The second-order valence-corrected chi connectivity index (χ2v) is 7.44. The number of rotatable bonds is 6. The maximum atomic E-state index is 12.4. The smallest absolute Gasteiger partial charge is 0.240 e. The van der Waals surface area contributed by atoms with Gasteiger partial charge in [-0.1, -0.05) is 20.3 Å². The molecular formula is C15H26N2O2S. The number of hydrogen-bond donors (Lipinski definition) is 2. The number of hydrogen-bond acceptors (Lipinski definition) is 3. The van der Waals surface area contributed by atoms with Crippen LogP contribution in [0.1, 0.15) is 44.7 Å². The van der Waals surface area contributed by atoms with Gasteiger partial charge in [0.15, 0.2) is 0 Å². The normalized spacial score (nSPS) is 15.1. The van der Waals surface area contributed by atoms with Crippen molar-refractivity contribution < 1.29 is 8.42 Å². The van der Waals surface area contributed by atoms with Crippen LogP contribution in [0, 0.1) is 19.8 Å². The van der Waals surface area contributed by atoms with Gasteiger partial charge in [-0.25, -0.2) is 13.1 Å². The number of anilines is 1. The Bertz CT molecular complexity index is 544. The molecule has 0 aliphatic carbocycles. The van der Waals surface area contributed by atoms with Crippen molar-refractivity contribution in [3.05, 3.63) is 23.3 Å². The molecule has 2 unspecified atom stereocenters. The summed E-state index contributed by atoms with van der Waals surface area (Å²) in [4.78, 5) is 0.245. The van der Waals surface area contributed by atoms with E-state index < -0.39 is 10.0 Å². The number of sulfonamides is 1. The summed E-state index contributed by atoms with van der Waals surface area (Å²) >= 11 is 0. The van der Waals surface area contributed by atoms with Crippen LogP contribution in [0.5, 0.6) is 0 Å². The molecule has 4 nitrogen and oxygen atoms in total. The highest BCUT2D eigenvalue weighted by Crippen LogP contribution is 2.22. The van der Waals surface area contributed by atoms with Gasteiger partial charge in [0.05, 0.1) is 4.90 Å². The summed E-state index contributed by atoms with van der Waals surface area (Å²) in [5.74, 6) is 0.498. The second-order valence-electron chi connectivity index (χ2n) is 5.73. The fourth-order valence-electron chi connectivity index (χ4n) is 2.16. The van der Waals surface area contributed by atoms with Gasteiger partial charge in [0.2, 0.25) is 10.0 Å². The monoisotopic (exact) mass is 298 g/mol. The molecule has 0 aliphatic rings. The average Bonchev–Trinajstić information content (AvgIpc) is 2.34. The predicted molar refractivity (Wildman–Crippen MR) is 84.2 cm³/mol. The lowest BCUT2D eigenvalue weighted by Gasteiger charge is -2.18. The highest BCUT2D eigenvalue weighted by atomic mass is 32.2. The van der Waals surface area contributed by atoms with Crippen molar-refractivity contribution in [3.63, 3.8) is 0 Å². The fourth-order valence-corrected chi connectivity index (χ4v) is 3.53. The van der Waals surface area contributed by atoms with Crippen LogP contribution in [0.2, 0.25) is 0 Å². The standard InChI is InChI=1S/C15H26N2O2S/c1-6-10(2)7-12(4)17-20(18,19)14-8-11(3)13(5)15(16)9-14/h8-10,12,17H,6-7,16H2,1-5H3. The van der Waals surface area contributed by atoms with Gasteiger partial charge in [0.1, 0.15) is 0 Å². The summed E-state index contributed by atoms with van der Waals surface area (Å²) in [5.41, 5.74) is 8.19. The van der Waals surface area contributed by atoms with Gasteiger partial charge in [-0.05, 0) is 56.4 Å². The van der Waals surface area contributed by atoms with Gasteiger partial charge in [-0.3, -0.25) is 0 Å². The third-order valence-electron chi connectivity index (χ3n) is 3.80. The van der Waals surface area contributed by atoms with E-state index in [2.05, 4.69) is 18.6 Å². The Balaban J connectivity index is 2.94. The topological polar surface area (TPSA) is 72.2 Å². The molecule has 1 aromatic carbocycles. The summed E-state index contributed by atoms with van der Waals surface area (Å²) in [6.07, 6.45) is 1.87. The lowest BCUT2D eigenvalue weighted by atomic mass is 10.0. The molecule has 0 amide bonds. The van der Waals surface area contributed by atoms with Crippen molar-refractivity contribution in [1.29, 1.82) is 0 Å². The quantitative estimate of drug-likeness (QED) is 0.793. The lowest BCUT2D eigenvalue weighted by Crippen LogP contribution is -2.33. The van der Waals surface area contributed by atoms with E-state index in [4.69, 9.17) is 5.73 Å². The van der Waals surface area contributed by atoms with E-state index in [1.165, 1.54) is 6.07 Å². The van der Waals surface area contributed by atoms with E-state index >= 15 is 0 Å². The molecule has 3 N–H and O–H groups in total. The summed E-state index contributed by atoms with van der Waals surface area (Å²) in [6, 6.07) is 3.11. The minimum Gasteiger partial charge on any atom is -0.398 e. The van der Waals surface area contributed by atoms with E-state index in [9.17, 15) is 8.42 Å². The van der Waals surface area contributed by atoms with Crippen molar-refractivity contribution in [1.82, 2.24) is 4.72 Å². The predicted octanol–water partition coefficient (Wildman–Crippen LogP) is 2.99. The maximum absolute atomic E-state index is 12.4. The van der Waals surface area contributed by atoms with Crippen LogP contribution in [0.15, 0.2) is 17.0 Å². The minimum atomic E-state index is -3.51. The zero-order chi connectivity index (χ0) is 15.5. The van der Waals surface area contributed by atoms with E-state index in [1.807, 2.05) is 20.8 Å². The number of nitrogens with two attached hydrogens (primary N) is 1. The Kier molecular flexibility index (Phi) is 5.59. The molecule has 0 fully saturated rings. The summed E-state index contributed by atoms with van der Waals surface area (Å²) in [5, 5.41) is 0. The molecule has 0 radical (unpaired) electrons. The Hall–Kier alpha value is -1.07. The molecule has 0 saturated carbocycles. The van der Waals surface area contributed by atoms with Crippen LogP contribution in [-0.2, 0) is 10.0 Å². The number of aryl methyl sites for hydroxylation is 1.